The highest BCUT2D eigenvalue weighted by molar-refractivity contribution is 7.98. The number of esters is 1. The number of furan rings is 1. The molecule has 0 aromatic carbocycles. The second kappa shape index (κ2) is 7.07. The van der Waals surface area contributed by atoms with Gasteiger partial charge in [0.15, 0.2) is 0 Å². The number of ether oxygens (including phenoxy) is 1. The van der Waals surface area contributed by atoms with Crippen LogP contribution in [0.25, 0.3) is 0 Å². The summed E-state index contributed by atoms with van der Waals surface area (Å²) in [5, 5.41) is 8.66. The van der Waals surface area contributed by atoms with Gasteiger partial charge in [0.2, 0.25) is 5.76 Å². The fraction of sp³-hybridized carbons (Fsp3) is 0.455. The number of hydrogen-bond acceptors (Lipinski definition) is 6. The molecule has 6 nitrogen and oxygen atoms in total. The summed E-state index contributed by atoms with van der Waals surface area (Å²) in [7, 11) is 1.30. The summed E-state index contributed by atoms with van der Waals surface area (Å²) < 4.78 is 9.58. The lowest BCUT2D eigenvalue weighted by Gasteiger charge is -2.07. The minimum Gasteiger partial charge on any atom is -0.475 e. The van der Waals surface area contributed by atoms with Gasteiger partial charge in [0.05, 0.1) is 12.9 Å². The normalized spacial score (nSPS) is 12.1. The average molecular weight is 273 g/mol. The van der Waals surface area contributed by atoms with Gasteiger partial charge in [-0.2, -0.15) is 11.8 Å². The van der Waals surface area contributed by atoms with Gasteiger partial charge in [-0.3, -0.25) is 4.79 Å². The fourth-order valence-corrected chi connectivity index (χ4v) is 2.14. The second-order valence-electron chi connectivity index (χ2n) is 3.54. The molecule has 0 saturated carbocycles. The van der Waals surface area contributed by atoms with Crippen LogP contribution in [0.5, 0.6) is 0 Å². The van der Waals surface area contributed by atoms with Gasteiger partial charge in [-0.25, -0.2) is 4.79 Å². The molecule has 1 atom stereocenters. The first-order chi connectivity index (χ1) is 8.54. The van der Waals surface area contributed by atoms with E-state index in [0.717, 1.165) is 0 Å². The summed E-state index contributed by atoms with van der Waals surface area (Å²) in [4.78, 5) is 21.6. The number of thioether (sulfide) groups is 1. The van der Waals surface area contributed by atoms with Crippen LogP contribution in [0.4, 0.5) is 0 Å². The van der Waals surface area contributed by atoms with E-state index < -0.39 is 18.0 Å². The molecule has 0 saturated heterocycles. The lowest BCUT2D eigenvalue weighted by molar-refractivity contribution is -0.142. The van der Waals surface area contributed by atoms with Gasteiger partial charge in [-0.1, -0.05) is 0 Å². The molecular formula is C11H15NO5S. The molecule has 0 spiro atoms. The Bertz CT molecular complexity index is 417. The van der Waals surface area contributed by atoms with E-state index in [1.165, 1.54) is 24.9 Å². The molecule has 7 heteroatoms. The first-order valence-electron chi connectivity index (χ1n) is 5.27. The first-order valence-corrected chi connectivity index (χ1v) is 6.43. The van der Waals surface area contributed by atoms with Crippen molar-refractivity contribution in [2.45, 2.75) is 18.2 Å². The minimum atomic E-state index is -1.08. The molecule has 1 rings (SSSR count). The number of carbonyl (C=O) groups is 2. The summed E-state index contributed by atoms with van der Waals surface area (Å²) in [6, 6.07) is 2.42. The highest BCUT2D eigenvalue weighted by atomic mass is 32.2. The largest absolute Gasteiger partial charge is 0.475 e. The van der Waals surface area contributed by atoms with E-state index in [1.807, 2.05) is 0 Å². The number of aromatic carboxylic acids is 1. The van der Waals surface area contributed by atoms with E-state index in [2.05, 4.69) is 4.74 Å². The molecule has 1 unspecified atom stereocenters. The van der Waals surface area contributed by atoms with Crippen molar-refractivity contribution in [2.75, 3.05) is 12.9 Å². The van der Waals surface area contributed by atoms with E-state index in [-0.39, 0.29) is 5.76 Å². The third-order valence-electron chi connectivity index (χ3n) is 2.19. The topological polar surface area (TPSA) is 103 Å². The Morgan fingerprint density at radius 1 is 1.56 bits per heavy atom. The molecule has 0 bridgehead atoms. The number of methoxy groups -OCH3 is 1. The van der Waals surface area contributed by atoms with Crippen LogP contribution in [-0.2, 0) is 15.3 Å². The number of nitrogens with two attached hydrogens (primary N) is 1. The van der Waals surface area contributed by atoms with Crippen molar-refractivity contribution in [1.82, 2.24) is 0 Å². The van der Waals surface area contributed by atoms with E-state index in [1.54, 1.807) is 6.07 Å². The molecule has 1 heterocycles. The third-order valence-corrected chi connectivity index (χ3v) is 3.21. The highest BCUT2D eigenvalue weighted by Crippen LogP contribution is 2.16. The van der Waals surface area contributed by atoms with Crippen LogP contribution in [0.15, 0.2) is 16.5 Å². The fourth-order valence-electron chi connectivity index (χ4n) is 1.22. The van der Waals surface area contributed by atoms with Crippen LogP contribution in [0.3, 0.4) is 0 Å². The van der Waals surface area contributed by atoms with Crippen LogP contribution >= 0.6 is 11.8 Å². The molecule has 100 valence electrons. The van der Waals surface area contributed by atoms with Crippen LogP contribution in [0.2, 0.25) is 0 Å². The van der Waals surface area contributed by atoms with Crippen LogP contribution in [0.1, 0.15) is 22.7 Å². The third kappa shape index (κ3) is 4.42. The van der Waals surface area contributed by atoms with E-state index in [0.29, 0.717) is 23.7 Å². The predicted octanol–water partition coefficient (Wildman–Crippen LogP) is 1.10. The predicted molar refractivity (Wildman–Crippen MR) is 66.4 cm³/mol. The lowest BCUT2D eigenvalue weighted by atomic mass is 10.2. The number of carbonyl (C=O) groups excluding carboxylic acids is 1. The van der Waals surface area contributed by atoms with E-state index >= 15 is 0 Å². The summed E-state index contributed by atoms with van der Waals surface area (Å²) in [6.45, 7) is 0. The lowest BCUT2D eigenvalue weighted by Crippen LogP contribution is -2.31. The van der Waals surface area contributed by atoms with Crippen LogP contribution in [0, 0.1) is 0 Å². The SMILES string of the molecule is COC(=O)C(N)CCSCc1ccc(C(=O)O)o1. The number of rotatable bonds is 7. The van der Waals surface area contributed by atoms with Crippen molar-refractivity contribution in [1.29, 1.82) is 0 Å². The maximum absolute atomic E-state index is 11.0. The zero-order valence-electron chi connectivity index (χ0n) is 9.92. The Morgan fingerprint density at radius 2 is 2.28 bits per heavy atom. The molecule has 0 radical (unpaired) electrons. The summed E-state index contributed by atoms with van der Waals surface area (Å²) in [6.07, 6.45) is 0.504. The van der Waals surface area contributed by atoms with Crippen LogP contribution in [-0.4, -0.2) is 35.9 Å². The van der Waals surface area contributed by atoms with Crippen molar-refractivity contribution in [3.63, 3.8) is 0 Å². The van der Waals surface area contributed by atoms with Crippen molar-refractivity contribution < 1.29 is 23.8 Å². The maximum atomic E-state index is 11.0. The van der Waals surface area contributed by atoms with Gasteiger partial charge in [-0.15, -0.1) is 0 Å². The highest BCUT2D eigenvalue weighted by Gasteiger charge is 2.13. The summed E-state index contributed by atoms with van der Waals surface area (Å²) in [5.41, 5.74) is 5.56. The second-order valence-corrected chi connectivity index (χ2v) is 4.65. The van der Waals surface area contributed by atoms with Gasteiger partial charge in [0.1, 0.15) is 11.8 Å². The smallest absolute Gasteiger partial charge is 0.371 e. The summed E-state index contributed by atoms with van der Waals surface area (Å²) >= 11 is 1.51. The Morgan fingerprint density at radius 3 is 2.83 bits per heavy atom. The standard InChI is InChI=1S/C11H15NO5S/c1-16-11(15)8(12)4-5-18-6-7-2-3-9(17-7)10(13)14/h2-3,8H,4-6,12H2,1H3,(H,13,14). The van der Waals surface area contributed by atoms with E-state index in [4.69, 9.17) is 15.3 Å². The first kappa shape index (κ1) is 14.6. The van der Waals surface area contributed by atoms with Gasteiger partial charge in [-0.05, 0) is 24.3 Å². The molecule has 1 aromatic heterocycles. The molecule has 18 heavy (non-hydrogen) atoms. The molecule has 0 fully saturated rings. The monoisotopic (exact) mass is 273 g/mol. The Balaban J connectivity index is 2.25. The molecule has 3 N–H and O–H groups in total. The van der Waals surface area contributed by atoms with Crippen molar-refractivity contribution in [2.24, 2.45) is 5.73 Å². The van der Waals surface area contributed by atoms with Gasteiger partial charge in [0.25, 0.3) is 0 Å². The number of carboxylic acid groups (broad SMARTS) is 1. The minimum absolute atomic E-state index is 0.0723. The molecule has 0 aliphatic rings. The van der Waals surface area contributed by atoms with Gasteiger partial charge in [0, 0.05) is 0 Å². The maximum Gasteiger partial charge on any atom is 0.371 e. The Labute approximate surface area is 108 Å². The number of carboxylic acids is 1. The van der Waals surface area contributed by atoms with Gasteiger partial charge < -0.3 is 20.0 Å². The van der Waals surface area contributed by atoms with Gasteiger partial charge >= 0.3 is 11.9 Å². The molecular weight excluding hydrogens is 258 g/mol. The Hall–Kier alpha value is -1.47. The van der Waals surface area contributed by atoms with Crippen molar-refractivity contribution in [3.8, 4) is 0 Å². The van der Waals surface area contributed by atoms with Crippen molar-refractivity contribution >= 4 is 23.7 Å². The number of hydrogen-bond donors (Lipinski definition) is 2. The molecule has 0 amide bonds. The molecule has 0 aliphatic heterocycles. The molecule has 0 aliphatic carbocycles. The van der Waals surface area contributed by atoms with E-state index in [9.17, 15) is 9.59 Å². The average Bonchev–Trinajstić information content (AvgIpc) is 2.82. The Kier molecular flexibility index (Phi) is 5.73. The quantitative estimate of drug-likeness (QED) is 0.566. The summed E-state index contributed by atoms with van der Waals surface area (Å²) in [5.74, 6) is 0.210. The zero-order chi connectivity index (χ0) is 13.5. The van der Waals surface area contributed by atoms with Crippen molar-refractivity contribution in [3.05, 3.63) is 23.7 Å². The zero-order valence-corrected chi connectivity index (χ0v) is 10.7. The molecule has 1 aromatic rings. The van der Waals surface area contributed by atoms with Crippen LogP contribution < -0.4 is 5.73 Å².